The van der Waals surface area contributed by atoms with Gasteiger partial charge in [-0.1, -0.05) is 18.2 Å². The molecule has 0 saturated heterocycles. The van der Waals surface area contributed by atoms with Crippen LogP contribution in [0.15, 0.2) is 48.5 Å². The van der Waals surface area contributed by atoms with Gasteiger partial charge in [0.15, 0.2) is 0 Å². The maximum absolute atomic E-state index is 12.9. The van der Waals surface area contributed by atoms with E-state index >= 15 is 0 Å². The molecule has 0 saturated carbocycles. The fourth-order valence-corrected chi connectivity index (χ4v) is 2.47. The van der Waals surface area contributed by atoms with E-state index in [2.05, 4.69) is 16.0 Å². The number of nitrogens with one attached hydrogen (secondary N) is 3. The van der Waals surface area contributed by atoms with Crippen molar-refractivity contribution >= 4 is 23.4 Å². The first-order valence-corrected chi connectivity index (χ1v) is 9.24. The molecule has 0 aromatic heterocycles. The summed E-state index contributed by atoms with van der Waals surface area (Å²) in [4.78, 5) is 24.1. The van der Waals surface area contributed by atoms with Gasteiger partial charge >= 0.3 is 12.3 Å². The Labute approximate surface area is 172 Å². The van der Waals surface area contributed by atoms with Gasteiger partial charge in [0, 0.05) is 18.8 Å². The predicted molar refractivity (Wildman–Crippen MR) is 108 cm³/mol. The molecule has 2 aromatic rings. The highest BCUT2D eigenvalue weighted by atomic mass is 19.4. The molecule has 3 N–H and O–H groups in total. The lowest BCUT2D eigenvalue weighted by Crippen LogP contribution is -2.38. The van der Waals surface area contributed by atoms with Crippen molar-refractivity contribution in [3.05, 3.63) is 59.7 Å². The number of anilines is 2. The van der Waals surface area contributed by atoms with Crippen LogP contribution in [-0.4, -0.2) is 30.7 Å². The zero-order valence-corrected chi connectivity index (χ0v) is 16.9. The molecular formula is C21H24F3N3O3. The lowest BCUT2D eigenvalue weighted by atomic mass is 10.1. The van der Waals surface area contributed by atoms with Crippen molar-refractivity contribution in [1.82, 2.24) is 10.6 Å². The molecule has 2 rings (SSSR count). The minimum atomic E-state index is -4.46. The van der Waals surface area contributed by atoms with E-state index in [-0.39, 0.29) is 24.3 Å². The number of amides is 2. The van der Waals surface area contributed by atoms with Crippen LogP contribution in [-0.2, 0) is 10.9 Å². The fraction of sp³-hybridized carbons (Fsp3) is 0.333. The van der Waals surface area contributed by atoms with Gasteiger partial charge in [0.25, 0.3) is 5.91 Å². The monoisotopic (exact) mass is 423 g/mol. The molecule has 0 aliphatic heterocycles. The fourth-order valence-electron chi connectivity index (χ4n) is 2.47. The van der Waals surface area contributed by atoms with Gasteiger partial charge in [-0.3, -0.25) is 4.79 Å². The minimum Gasteiger partial charge on any atom is -0.444 e. The molecule has 162 valence electrons. The average Bonchev–Trinajstić information content (AvgIpc) is 2.63. The Morgan fingerprint density at radius 3 is 2.27 bits per heavy atom. The largest absolute Gasteiger partial charge is 0.444 e. The molecule has 0 radical (unpaired) electrons. The third kappa shape index (κ3) is 7.31. The maximum Gasteiger partial charge on any atom is 0.416 e. The average molecular weight is 423 g/mol. The summed E-state index contributed by atoms with van der Waals surface area (Å²) in [5.74, 6) is -0.434. The maximum atomic E-state index is 12.9. The van der Waals surface area contributed by atoms with Gasteiger partial charge in [-0.15, -0.1) is 0 Å². The predicted octanol–water partition coefficient (Wildman–Crippen LogP) is 4.70. The summed E-state index contributed by atoms with van der Waals surface area (Å²) < 4.78 is 43.8. The van der Waals surface area contributed by atoms with Gasteiger partial charge in [-0.2, -0.15) is 13.2 Å². The van der Waals surface area contributed by atoms with Gasteiger partial charge in [0.1, 0.15) is 5.60 Å². The highest BCUT2D eigenvalue weighted by Gasteiger charge is 2.30. The molecule has 2 amide bonds. The molecule has 0 aliphatic rings. The number of ether oxygens (including phenoxy) is 1. The van der Waals surface area contributed by atoms with Crippen molar-refractivity contribution in [2.75, 3.05) is 18.4 Å². The molecule has 0 fully saturated rings. The molecule has 30 heavy (non-hydrogen) atoms. The second-order valence-corrected chi connectivity index (χ2v) is 7.43. The first kappa shape index (κ1) is 23.1. The number of hydrogen-bond donors (Lipinski definition) is 3. The summed E-state index contributed by atoms with van der Waals surface area (Å²) in [5.41, 5.74) is -0.595. The van der Waals surface area contributed by atoms with Crippen molar-refractivity contribution in [2.45, 2.75) is 32.5 Å². The Balaban J connectivity index is 1.98. The van der Waals surface area contributed by atoms with Gasteiger partial charge < -0.3 is 20.7 Å². The molecule has 0 heterocycles. The molecule has 9 heteroatoms. The Morgan fingerprint density at radius 2 is 1.60 bits per heavy atom. The SMILES string of the molecule is CC(C)(C)OC(=O)NCCNC(=O)c1ccccc1Nc1cccc(C(F)(F)F)c1. The molecule has 0 unspecified atom stereocenters. The van der Waals surface area contributed by atoms with E-state index in [9.17, 15) is 22.8 Å². The number of halogens is 3. The Morgan fingerprint density at radius 1 is 0.933 bits per heavy atom. The Kier molecular flexibility index (Phi) is 7.31. The van der Waals surface area contributed by atoms with Gasteiger partial charge in [-0.25, -0.2) is 4.79 Å². The van der Waals surface area contributed by atoms with Crippen molar-refractivity contribution in [2.24, 2.45) is 0 Å². The van der Waals surface area contributed by atoms with E-state index in [4.69, 9.17) is 4.74 Å². The van der Waals surface area contributed by atoms with E-state index in [1.54, 1.807) is 45.0 Å². The normalized spacial score (nSPS) is 11.5. The zero-order valence-electron chi connectivity index (χ0n) is 16.9. The van der Waals surface area contributed by atoms with Gasteiger partial charge in [0.2, 0.25) is 0 Å². The minimum absolute atomic E-state index is 0.149. The highest BCUT2D eigenvalue weighted by molar-refractivity contribution is 6.00. The second kappa shape index (κ2) is 9.51. The topological polar surface area (TPSA) is 79.5 Å². The van der Waals surface area contributed by atoms with Gasteiger partial charge in [0.05, 0.1) is 16.8 Å². The van der Waals surface area contributed by atoms with E-state index in [0.717, 1.165) is 12.1 Å². The third-order valence-corrected chi connectivity index (χ3v) is 3.72. The molecule has 0 atom stereocenters. The smallest absolute Gasteiger partial charge is 0.416 e. The van der Waals surface area contributed by atoms with Crippen molar-refractivity contribution < 1.29 is 27.5 Å². The molecule has 6 nitrogen and oxygen atoms in total. The van der Waals surface area contributed by atoms with Crippen LogP contribution in [0.25, 0.3) is 0 Å². The number of para-hydroxylation sites is 1. The Hall–Kier alpha value is -3.23. The zero-order chi connectivity index (χ0) is 22.4. The van der Waals surface area contributed by atoms with Crippen LogP contribution >= 0.6 is 0 Å². The molecular weight excluding hydrogens is 399 g/mol. The number of carbonyl (C=O) groups excluding carboxylic acids is 2. The number of alkyl halides is 3. The molecule has 0 aliphatic carbocycles. The van der Waals surface area contributed by atoms with Crippen LogP contribution in [0.2, 0.25) is 0 Å². The summed E-state index contributed by atoms with van der Waals surface area (Å²) in [6, 6.07) is 11.2. The van der Waals surface area contributed by atoms with Crippen LogP contribution in [0.3, 0.4) is 0 Å². The summed E-state index contributed by atoms with van der Waals surface area (Å²) in [5, 5.41) is 8.02. The quantitative estimate of drug-likeness (QED) is 0.589. The molecule has 0 bridgehead atoms. The summed E-state index contributed by atoms with van der Waals surface area (Å²) in [6.45, 7) is 5.52. The highest BCUT2D eigenvalue weighted by Crippen LogP contribution is 2.31. The van der Waals surface area contributed by atoms with Crippen molar-refractivity contribution in [1.29, 1.82) is 0 Å². The van der Waals surface area contributed by atoms with E-state index < -0.39 is 29.3 Å². The van der Waals surface area contributed by atoms with E-state index in [1.807, 2.05) is 0 Å². The third-order valence-electron chi connectivity index (χ3n) is 3.72. The number of rotatable bonds is 6. The van der Waals surface area contributed by atoms with Crippen molar-refractivity contribution in [3.63, 3.8) is 0 Å². The molecule has 2 aromatic carbocycles. The van der Waals surface area contributed by atoms with E-state index in [0.29, 0.717) is 5.69 Å². The van der Waals surface area contributed by atoms with Gasteiger partial charge in [-0.05, 0) is 51.1 Å². The molecule has 0 spiro atoms. The second-order valence-electron chi connectivity index (χ2n) is 7.43. The van der Waals surface area contributed by atoms with Crippen LogP contribution in [0.4, 0.5) is 29.3 Å². The number of carbonyl (C=O) groups is 2. The first-order valence-electron chi connectivity index (χ1n) is 9.24. The van der Waals surface area contributed by atoms with Crippen LogP contribution in [0.1, 0.15) is 36.7 Å². The summed E-state index contributed by atoms with van der Waals surface area (Å²) in [7, 11) is 0. The number of hydrogen-bond acceptors (Lipinski definition) is 4. The summed E-state index contributed by atoms with van der Waals surface area (Å²) >= 11 is 0. The summed E-state index contributed by atoms with van der Waals surface area (Å²) in [6.07, 6.45) is -5.06. The Bertz CT molecular complexity index is 893. The number of alkyl carbamates (subject to hydrolysis) is 1. The van der Waals surface area contributed by atoms with Crippen LogP contribution in [0.5, 0.6) is 0 Å². The lowest BCUT2D eigenvalue weighted by molar-refractivity contribution is -0.137. The van der Waals surface area contributed by atoms with Crippen LogP contribution in [0, 0.1) is 0 Å². The number of benzene rings is 2. The van der Waals surface area contributed by atoms with E-state index in [1.165, 1.54) is 12.1 Å². The lowest BCUT2D eigenvalue weighted by Gasteiger charge is -2.19. The van der Waals surface area contributed by atoms with Crippen LogP contribution < -0.4 is 16.0 Å². The van der Waals surface area contributed by atoms with Crippen molar-refractivity contribution in [3.8, 4) is 0 Å². The standard InChI is InChI=1S/C21H24F3N3O3/c1-20(2,3)30-19(29)26-12-11-25-18(28)16-9-4-5-10-17(16)27-15-8-6-7-14(13-15)21(22,23)24/h4-10,13,27H,11-12H2,1-3H3,(H,25,28)(H,26,29). The first-order chi connectivity index (χ1) is 14.0.